The Balaban J connectivity index is 1.68. The van der Waals surface area contributed by atoms with E-state index in [0.29, 0.717) is 18.9 Å². The molecule has 1 aromatic heterocycles. The molecule has 0 aliphatic heterocycles. The highest BCUT2D eigenvalue weighted by molar-refractivity contribution is 6.18. The Kier molecular flexibility index (Phi) is 7.26. The van der Waals surface area contributed by atoms with Crippen LogP contribution in [0, 0.1) is 0 Å². The lowest BCUT2D eigenvalue weighted by Gasteiger charge is -2.17. The van der Waals surface area contributed by atoms with Crippen LogP contribution in [0.2, 0.25) is 0 Å². The molecule has 0 bridgehead atoms. The monoisotopic (exact) mass is 444 g/mol. The molecule has 0 aliphatic carbocycles. The number of aromatic nitrogens is 2. The lowest BCUT2D eigenvalue weighted by molar-refractivity contribution is 0.298. The number of nitrogens with zero attached hydrogens (tertiary/aromatic N) is 2. The summed E-state index contributed by atoms with van der Waals surface area (Å²) in [5, 5.41) is 10.1. The van der Waals surface area contributed by atoms with E-state index in [1.807, 2.05) is 53.2 Å². The summed E-state index contributed by atoms with van der Waals surface area (Å²) in [4.78, 5) is 4.05. The maximum absolute atomic E-state index is 10.1. The van der Waals surface area contributed by atoms with Gasteiger partial charge in [0.15, 0.2) is 0 Å². The Hall–Kier alpha value is -3.50. The van der Waals surface area contributed by atoms with Crippen molar-refractivity contribution in [2.24, 2.45) is 0 Å². The van der Waals surface area contributed by atoms with E-state index < -0.39 is 0 Å². The van der Waals surface area contributed by atoms with Crippen LogP contribution in [-0.2, 0) is 6.54 Å². The Labute approximate surface area is 193 Å². The van der Waals surface area contributed by atoms with Crippen molar-refractivity contribution >= 4 is 22.7 Å². The molecule has 0 spiro atoms. The molecule has 0 radical (unpaired) electrons. The van der Waals surface area contributed by atoms with Crippen LogP contribution < -0.4 is 4.74 Å². The number of ether oxygens (including phenoxy) is 1. The molecule has 0 unspecified atom stereocenters. The SMILES string of the molecule is Oc1cccc(/C(=C(/CCCl)c2ccccc2)c2ccc(OCCn3ccnc3)cc2)c1. The first kappa shape index (κ1) is 21.7. The van der Waals surface area contributed by atoms with E-state index in [1.54, 1.807) is 24.7 Å². The fourth-order valence-electron chi connectivity index (χ4n) is 3.73. The van der Waals surface area contributed by atoms with Gasteiger partial charge in [0.05, 0.1) is 12.9 Å². The van der Waals surface area contributed by atoms with Crippen LogP contribution in [-0.4, -0.2) is 27.1 Å². The molecule has 5 heteroatoms. The number of allylic oxidation sites excluding steroid dienone is 1. The summed E-state index contributed by atoms with van der Waals surface area (Å²) in [6.45, 7) is 1.30. The number of phenols is 1. The Morgan fingerprint density at radius 3 is 2.38 bits per heavy atom. The summed E-state index contributed by atoms with van der Waals surface area (Å²) >= 11 is 6.21. The molecule has 4 aromatic rings. The topological polar surface area (TPSA) is 47.3 Å². The normalized spacial score (nSPS) is 11.8. The van der Waals surface area contributed by atoms with Crippen molar-refractivity contribution in [3.63, 3.8) is 0 Å². The predicted molar refractivity (Wildman–Crippen MR) is 130 cm³/mol. The third-order valence-corrected chi connectivity index (χ3v) is 5.41. The highest BCUT2D eigenvalue weighted by Crippen LogP contribution is 2.36. The van der Waals surface area contributed by atoms with Gasteiger partial charge >= 0.3 is 0 Å². The van der Waals surface area contributed by atoms with Crippen molar-refractivity contribution in [3.05, 3.63) is 114 Å². The average molecular weight is 445 g/mol. The van der Waals surface area contributed by atoms with Crippen LogP contribution in [0.5, 0.6) is 11.5 Å². The summed E-state index contributed by atoms with van der Waals surface area (Å²) in [5.74, 6) is 1.54. The van der Waals surface area contributed by atoms with Gasteiger partial charge in [-0.25, -0.2) is 4.98 Å². The number of halogens is 1. The molecular weight excluding hydrogens is 420 g/mol. The summed E-state index contributed by atoms with van der Waals surface area (Å²) in [6.07, 6.45) is 6.16. The lowest BCUT2D eigenvalue weighted by atomic mass is 9.88. The Bertz CT molecular complexity index is 1150. The van der Waals surface area contributed by atoms with E-state index in [0.717, 1.165) is 40.1 Å². The van der Waals surface area contributed by atoms with E-state index in [4.69, 9.17) is 16.3 Å². The van der Waals surface area contributed by atoms with Crippen LogP contribution in [0.4, 0.5) is 0 Å². The van der Waals surface area contributed by atoms with Crippen LogP contribution in [0.3, 0.4) is 0 Å². The molecule has 0 amide bonds. The molecule has 1 N–H and O–H groups in total. The molecule has 0 saturated carbocycles. The third kappa shape index (κ3) is 5.40. The van der Waals surface area contributed by atoms with Gasteiger partial charge in [0.2, 0.25) is 0 Å². The summed E-state index contributed by atoms with van der Waals surface area (Å²) in [6, 6.07) is 25.7. The Morgan fingerprint density at radius 2 is 1.69 bits per heavy atom. The first-order chi connectivity index (χ1) is 15.7. The molecule has 0 saturated heterocycles. The number of alkyl halides is 1. The third-order valence-electron chi connectivity index (χ3n) is 5.22. The fraction of sp³-hybridized carbons (Fsp3) is 0.148. The van der Waals surface area contributed by atoms with Gasteiger partial charge < -0.3 is 14.4 Å². The van der Waals surface area contributed by atoms with Crippen molar-refractivity contribution in [1.29, 1.82) is 0 Å². The van der Waals surface area contributed by atoms with E-state index in [-0.39, 0.29) is 5.75 Å². The second-order valence-corrected chi connectivity index (χ2v) is 7.76. The highest BCUT2D eigenvalue weighted by Gasteiger charge is 2.14. The van der Waals surface area contributed by atoms with Crippen LogP contribution in [0.15, 0.2) is 97.6 Å². The van der Waals surface area contributed by atoms with Crippen molar-refractivity contribution in [3.8, 4) is 11.5 Å². The molecule has 0 atom stereocenters. The fourth-order valence-corrected chi connectivity index (χ4v) is 3.92. The molecule has 0 fully saturated rings. The van der Waals surface area contributed by atoms with Crippen molar-refractivity contribution < 1.29 is 9.84 Å². The van der Waals surface area contributed by atoms with Gasteiger partial charge in [0.25, 0.3) is 0 Å². The number of rotatable bonds is 9. The van der Waals surface area contributed by atoms with Gasteiger partial charge in [-0.05, 0) is 58.5 Å². The van der Waals surface area contributed by atoms with E-state index >= 15 is 0 Å². The minimum atomic E-state index is 0.234. The van der Waals surface area contributed by atoms with Crippen molar-refractivity contribution in [2.75, 3.05) is 12.5 Å². The molecule has 3 aromatic carbocycles. The molecule has 4 nitrogen and oxygen atoms in total. The Morgan fingerprint density at radius 1 is 0.906 bits per heavy atom. The maximum Gasteiger partial charge on any atom is 0.119 e. The molecule has 32 heavy (non-hydrogen) atoms. The second kappa shape index (κ2) is 10.7. The number of hydrogen-bond acceptors (Lipinski definition) is 3. The maximum atomic E-state index is 10.1. The lowest BCUT2D eigenvalue weighted by Crippen LogP contribution is -2.06. The smallest absolute Gasteiger partial charge is 0.119 e. The minimum absolute atomic E-state index is 0.234. The molecular formula is C27H25ClN2O2. The predicted octanol–water partition coefficient (Wildman–Crippen LogP) is 6.26. The number of benzene rings is 3. The zero-order valence-corrected chi connectivity index (χ0v) is 18.4. The molecule has 0 aliphatic rings. The number of hydrogen-bond donors (Lipinski definition) is 1. The first-order valence-electron chi connectivity index (χ1n) is 10.6. The average Bonchev–Trinajstić information content (AvgIpc) is 3.34. The van der Waals surface area contributed by atoms with Gasteiger partial charge in [-0.3, -0.25) is 0 Å². The van der Waals surface area contributed by atoms with E-state index in [1.165, 1.54) is 0 Å². The molecule has 162 valence electrons. The van der Waals surface area contributed by atoms with Crippen molar-refractivity contribution in [1.82, 2.24) is 9.55 Å². The zero-order valence-electron chi connectivity index (χ0n) is 17.7. The number of phenolic OH excluding ortho intramolecular Hbond substituents is 1. The summed E-state index contributed by atoms with van der Waals surface area (Å²) in [5.41, 5.74) is 5.30. The molecule has 4 rings (SSSR count). The van der Waals surface area contributed by atoms with Gasteiger partial charge in [-0.2, -0.15) is 0 Å². The minimum Gasteiger partial charge on any atom is -0.508 e. The van der Waals surface area contributed by atoms with Crippen LogP contribution in [0.1, 0.15) is 23.1 Å². The number of imidazole rings is 1. The summed E-state index contributed by atoms with van der Waals surface area (Å²) in [7, 11) is 0. The quantitative estimate of drug-likeness (QED) is 0.245. The standard InChI is InChI=1S/C27H25ClN2O2/c28-14-13-26(21-5-2-1-3-6-21)27(23-7-4-8-24(31)19-23)22-9-11-25(12-10-22)32-18-17-30-16-15-29-20-30/h1-12,15-16,19-20,31H,13-14,17-18H2/b27-26-. The first-order valence-corrected chi connectivity index (χ1v) is 11.1. The van der Waals surface area contributed by atoms with Gasteiger partial charge in [0.1, 0.15) is 18.1 Å². The highest BCUT2D eigenvalue weighted by atomic mass is 35.5. The largest absolute Gasteiger partial charge is 0.508 e. The van der Waals surface area contributed by atoms with Gasteiger partial charge in [-0.1, -0.05) is 54.6 Å². The second-order valence-electron chi connectivity index (χ2n) is 7.38. The van der Waals surface area contributed by atoms with Gasteiger partial charge in [0, 0.05) is 18.3 Å². The van der Waals surface area contributed by atoms with E-state index in [2.05, 4.69) is 29.2 Å². The van der Waals surface area contributed by atoms with Crippen LogP contribution in [0.25, 0.3) is 11.1 Å². The van der Waals surface area contributed by atoms with Gasteiger partial charge in [-0.15, -0.1) is 11.6 Å². The zero-order chi connectivity index (χ0) is 22.2. The van der Waals surface area contributed by atoms with E-state index in [9.17, 15) is 5.11 Å². The number of aromatic hydroxyl groups is 1. The summed E-state index contributed by atoms with van der Waals surface area (Å²) < 4.78 is 7.89. The molecule has 1 heterocycles. The van der Waals surface area contributed by atoms with Crippen molar-refractivity contribution in [2.45, 2.75) is 13.0 Å². The van der Waals surface area contributed by atoms with Crippen LogP contribution >= 0.6 is 11.6 Å².